The molecule has 2 rings (SSSR count). The summed E-state index contributed by atoms with van der Waals surface area (Å²) in [5.74, 6) is -0.147. The maximum atomic E-state index is 12.1. The first-order valence-corrected chi connectivity index (χ1v) is 7.42. The highest BCUT2D eigenvalue weighted by Gasteiger charge is 2.17. The van der Waals surface area contributed by atoms with Crippen molar-refractivity contribution in [3.05, 3.63) is 29.8 Å². The molecule has 2 N–H and O–H groups in total. The predicted octanol–water partition coefficient (Wildman–Crippen LogP) is 1.86. The van der Waals surface area contributed by atoms with E-state index in [1.807, 2.05) is 6.07 Å². The van der Waals surface area contributed by atoms with E-state index in [-0.39, 0.29) is 11.8 Å². The highest BCUT2D eigenvalue weighted by Crippen LogP contribution is 2.18. The zero-order valence-corrected chi connectivity index (χ0v) is 12.7. The zero-order valence-electron chi connectivity index (χ0n) is 12.7. The van der Waals surface area contributed by atoms with E-state index in [0.29, 0.717) is 23.7 Å². The maximum Gasteiger partial charge on any atom is 0.255 e. The minimum absolute atomic E-state index is 0.0392. The van der Waals surface area contributed by atoms with Gasteiger partial charge < -0.3 is 15.5 Å². The fourth-order valence-corrected chi connectivity index (χ4v) is 2.54. The third kappa shape index (κ3) is 4.29. The summed E-state index contributed by atoms with van der Waals surface area (Å²) in [6.07, 6.45) is 3.65. The van der Waals surface area contributed by atoms with Crippen molar-refractivity contribution in [3.63, 3.8) is 0 Å². The molecule has 0 saturated carbocycles. The number of nitrogens with zero attached hydrogens (tertiary/aromatic N) is 1. The monoisotopic (exact) mass is 289 g/mol. The molecule has 0 spiro atoms. The summed E-state index contributed by atoms with van der Waals surface area (Å²) in [5.41, 5.74) is 1.11. The molecule has 1 fully saturated rings. The smallest absolute Gasteiger partial charge is 0.255 e. The van der Waals surface area contributed by atoms with E-state index in [1.165, 1.54) is 11.3 Å². The topological polar surface area (TPSA) is 61.4 Å². The molecule has 21 heavy (non-hydrogen) atoms. The molecular weight excluding hydrogens is 266 g/mol. The van der Waals surface area contributed by atoms with Gasteiger partial charge in [-0.05, 0) is 37.9 Å². The van der Waals surface area contributed by atoms with Gasteiger partial charge in [-0.3, -0.25) is 9.59 Å². The number of nitrogens with one attached hydrogen (secondary N) is 2. The molecule has 5 nitrogen and oxygen atoms in total. The second kappa shape index (κ2) is 7.22. The Bertz CT molecular complexity index is 508. The van der Waals surface area contributed by atoms with Gasteiger partial charge in [-0.2, -0.15) is 0 Å². The Labute approximate surface area is 125 Å². The summed E-state index contributed by atoms with van der Waals surface area (Å²) >= 11 is 0. The average molecular weight is 289 g/mol. The van der Waals surface area contributed by atoms with Crippen LogP contribution in [0.1, 0.15) is 36.0 Å². The molecule has 1 unspecified atom stereocenters. The van der Waals surface area contributed by atoms with Crippen LogP contribution in [0.25, 0.3) is 0 Å². The number of carbonyl (C=O) groups excluding carboxylic acids is 2. The fraction of sp³-hybridized carbons (Fsp3) is 0.500. The van der Waals surface area contributed by atoms with E-state index < -0.39 is 0 Å². The Kier molecular flexibility index (Phi) is 5.33. The highest BCUT2D eigenvalue weighted by atomic mass is 16.2. The number of hydrogen-bond donors (Lipinski definition) is 2. The van der Waals surface area contributed by atoms with Crippen molar-refractivity contribution < 1.29 is 9.59 Å². The van der Waals surface area contributed by atoms with Crippen LogP contribution in [0.3, 0.4) is 0 Å². The van der Waals surface area contributed by atoms with E-state index in [2.05, 4.69) is 10.6 Å². The molecule has 2 amide bonds. The van der Waals surface area contributed by atoms with Crippen molar-refractivity contribution in [2.45, 2.75) is 31.7 Å². The third-order valence-corrected chi connectivity index (χ3v) is 3.72. The van der Waals surface area contributed by atoms with Crippen LogP contribution >= 0.6 is 0 Å². The number of amides is 2. The van der Waals surface area contributed by atoms with Crippen LogP contribution < -0.4 is 10.6 Å². The molecule has 0 radical (unpaired) electrons. The largest absolute Gasteiger partial charge is 0.345 e. The van der Waals surface area contributed by atoms with Gasteiger partial charge in [0.25, 0.3) is 5.91 Å². The van der Waals surface area contributed by atoms with Crippen molar-refractivity contribution in [2.75, 3.05) is 26.0 Å². The molecule has 114 valence electrons. The number of para-hydroxylation sites is 1. The quantitative estimate of drug-likeness (QED) is 0.870. The van der Waals surface area contributed by atoms with Crippen LogP contribution in [-0.2, 0) is 4.79 Å². The van der Waals surface area contributed by atoms with Crippen molar-refractivity contribution in [1.82, 2.24) is 10.2 Å². The van der Waals surface area contributed by atoms with Gasteiger partial charge in [0, 0.05) is 26.6 Å². The molecule has 0 bridgehead atoms. The van der Waals surface area contributed by atoms with Crippen molar-refractivity contribution in [2.24, 2.45) is 0 Å². The minimum Gasteiger partial charge on any atom is -0.345 e. The summed E-state index contributed by atoms with van der Waals surface area (Å²) in [6.45, 7) is 1.05. The van der Waals surface area contributed by atoms with Gasteiger partial charge in [-0.15, -0.1) is 0 Å². The number of rotatable bonds is 5. The Morgan fingerprint density at radius 2 is 2.10 bits per heavy atom. The highest BCUT2D eigenvalue weighted by molar-refractivity contribution is 6.03. The van der Waals surface area contributed by atoms with Crippen LogP contribution in [0.15, 0.2) is 24.3 Å². The van der Waals surface area contributed by atoms with Gasteiger partial charge in [0.1, 0.15) is 0 Å². The molecule has 1 saturated heterocycles. The van der Waals surface area contributed by atoms with Gasteiger partial charge in [0.2, 0.25) is 5.91 Å². The second-order valence-electron chi connectivity index (χ2n) is 5.63. The summed E-state index contributed by atoms with van der Waals surface area (Å²) < 4.78 is 0. The summed E-state index contributed by atoms with van der Waals surface area (Å²) in [6, 6.07) is 7.57. The van der Waals surface area contributed by atoms with Crippen molar-refractivity contribution >= 4 is 17.5 Å². The van der Waals surface area contributed by atoms with E-state index in [9.17, 15) is 9.59 Å². The van der Waals surface area contributed by atoms with Crippen LogP contribution in [0.5, 0.6) is 0 Å². The fourth-order valence-electron chi connectivity index (χ4n) is 2.54. The van der Waals surface area contributed by atoms with E-state index in [0.717, 1.165) is 19.4 Å². The van der Waals surface area contributed by atoms with Crippen LogP contribution in [0.2, 0.25) is 0 Å². The van der Waals surface area contributed by atoms with Crippen LogP contribution in [0.4, 0.5) is 5.69 Å². The lowest BCUT2D eigenvalue weighted by molar-refractivity contribution is -0.116. The third-order valence-electron chi connectivity index (χ3n) is 3.72. The van der Waals surface area contributed by atoms with Gasteiger partial charge >= 0.3 is 0 Å². The van der Waals surface area contributed by atoms with Crippen molar-refractivity contribution in [3.8, 4) is 0 Å². The van der Waals surface area contributed by atoms with Crippen LogP contribution in [0, 0.1) is 0 Å². The average Bonchev–Trinajstić information content (AvgIpc) is 2.98. The molecule has 1 aromatic carbocycles. The molecular formula is C16H23N3O2. The predicted molar refractivity (Wildman–Crippen MR) is 83.3 cm³/mol. The Balaban J connectivity index is 1.95. The van der Waals surface area contributed by atoms with Gasteiger partial charge in [0.15, 0.2) is 0 Å². The van der Waals surface area contributed by atoms with E-state index in [4.69, 9.17) is 0 Å². The Hall–Kier alpha value is -1.88. The van der Waals surface area contributed by atoms with E-state index in [1.54, 1.807) is 32.3 Å². The van der Waals surface area contributed by atoms with E-state index >= 15 is 0 Å². The number of carbonyl (C=O) groups is 2. The molecule has 1 aliphatic heterocycles. The Morgan fingerprint density at radius 1 is 1.33 bits per heavy atom. The minimum atomic E-state index is -0.108. The lowest BCUT2D eigenvalue weighted by Gasteiger charge is -2.15. The zero-order chi connectivity index (χ0) is 15.2. The van der Waals surface area contributed by atoms with Gasteiger partial charge in [-0.25, -0.2) is 0 Å². The standard InChI is InChI=1S/C16H23N3O2/c1-19(2)16(21)13-7-3-4-8-14(13)18-15(20)10-9-12-6-5-11-17-12/h3-4,7-8,12,17H,5-6,9-11H2,1-2H3,(H,18,20). The number of anilines is 1. The first-order valence-electron chi connectivity index (χ1n) is 7.42. The maximum absolute atomic E-state index is 12.1. The lowest BCUT2D eigenvalue weighted by atomic mass is 10.1. The molecule has 1 aromatic rings. The first-order chi connectivity index (χ1) is 10.1. The Morgan fingerprint density at radius 3 is 2.76 bits per heavy atom. The lowest BCUT2D eigenvalue weighted by Crippen LogP contribution is -2.25. The summed E-state index contributed by atoms with van der Waals surface area (Å²) in [7, 11) is 3.40. The van der Waals surface area contributed by atoms with Gasteiger partial charge in [0.05, 0.1) is 11.3 Å². The molecule has 0 aromatic heterocycles. The molecule has 0 aliphatic carbocycles. The molecule has 5 heteroatoms. The number of hydrogen-bond acceptors (Lipinski definition) is 3. The second-order valence-corrected chi connectivity index (χ2v) is 5.63. The van der Waals surface area contributed by atoms with Crippen LogP contribution in [-0.4, -0.2) is 43.4 Å². The van der Waals surface area contributed by atoms with Gasteiger partial charge in [-0.1, -0.05) is 12.1 Å². The first kappa shape index (κ1) is 15.5. The summed E-state index contributed by atoms with van der Waals surface area (Å²) in [5, 5.41) is 6.24. The summed E-state index contributed by atoms with van der Waals surface area (Å²) in [4.78, 5) is 25.6. The number of benzene rings is 1. The normalized spacial score (nSPS) is 17.5. The molecule has 1 atom stereocenters. The van der Waals surface area contributed by atoms with Crippen molar-refractivity contribution in [1.29, 1.82) is 0 Å². The molecule has 1 heterocycles. The SMILES string of the molecule is CN(C)C(=O)c1ccccc1NC(=O)CCC1CCCN1. The molecule has 1 aliphatic rings.